The molecule has 2 amide bonds. The first-order valence-corrected chi connectivity index (χ1v) is 7.84. The van der Waals surface area contributed by atoms with Gasteiger partial charge in [-0.1, -0.05) is 35.0 Å². The Bertz CT molecular complexity index is 537. The van der Waals surface area contributed by atoms with Crippen molar-refractivity contribution in [2.75, 3.05) is 13.1 Å². The number of amides is 2. The average Bonchev–Trinajstić information content (AvgIpc) is 2.93. The number of benzene rings is 1. The molecule has 0 saturated carbocycles. The van der Waals surface area contributed by atoms with E-state index < -0.39 is 0 Å². The lowest BCUT2D eigenvalue weighted by atomic mass is 10.0. The van der Waals surface area contributed by atoms with Gasteiger partial charge in [0.25, 0.3) is 0 Å². The molecule has 2 rings (SSSR count). The van der Waals surface area contributed by atoms with Gasteiger partial charge in [0.05, 0.1) is 12.3 Å². The van der Waals surface area contributed by atoms with Crippen LogP contribution in [0.1, 0.15) is 38.3 Å². The van der Waals surface area contributed by atoms with Crippen LogP contribution < -0.4 is 5.32 Å². The first-order valence-electron chi connectivity index (χ1n) is 7.84. The summed E-state index contributed by atoms with van der Waals surface area (Å²) in [5.74, 6) is 0. The van der Waals surface area contributed by atoms with E-state index >= 15 is 0 Å². The van der Waals surface area contributed by atoms with Gasteiger partial charge in [-0.05, 0) is 33.3 Å². The van der Waals surface area contributed by atoms with E-state index in [1.165, 1.54) is 5.56 Å². The predicted octanol–water partition coefficient (Wildman–Crippen LogP) is 2.93. The van der Waals surface area contributed by atoms with Gasteiger partial charge in [-0.2, -0.15) is 0 Å². The number of carbonyl (C=O) groups is 1. The number of hydrogen-bond donors (Lipinski definition) is 1. The van der Waals surface area contributed by atoms with Crippen molar-refractivity contribution in [1.29, 1.82) is 0 Å². The lowest BCUT2D eigenvalue weighted by molar-refractivity contribution is 0.0614. The Kier molecular flexibility index (Phi) is 5.41. The first-order chi connectivity index (χ1) is 10.5. The molecular weight excluding hydrogens is 278 g/mol. The third-order valence-corrected chi connectivity index (χ3v) is 3.62. The Balaban J connectivity index is 1.91. The molecular formula is C17H25N3O2. The summed E-state index contributed by atoms with van der Waals surface area (Å²) in [5, 5.41) is 7.09. The molecule has 1 aromatic carbocycles. The zero-order valence-electron chi connectivity index (χ0n) is 13.8. The predicted molar refractivity (Wildman–Crippen MR) is 88.1 cm³/mol. The van der Waals surface area contributed by atoms with Gasteiger partial charge in [-0.25, -0.2) is 4.79 Å². The van der Waals surface area contributed by atoms with E-state index in [1.807, 2.05) is 20.8 Å². The second kappa shape index (κ2) is 7.29. The Labute approximate surface area is 132 Å². The smallest absolute Gasteiger partial charge is 0.317 e. The maximum absolute atomic E-state index is 12.1. The van der Waals surface area contributed by atoms with E-state index in [1.54, 1.807) is 4.90 Å². The summed E-state index contributed by atoms with van der Waals surface area (Å²) in [6, 6.07) is 8.33. The van der Waals surface area contributed by atoms with Crippen molar-refractivity contribution in [2.24, 2.45) is 5.16 Å². The van der Waals surface area contributed by atoms with Crippen LogP contribution in [0.2, 0.25) is 0 Å². The van der Waals surface area contributed by atoms with E-state index in [0.29, 0.717) is 13.1 Å². The molecule has 5 heteroatoms. The van der Waals surface area contributed by atoms with Gasteiger partial charge in [-0.3, -0.25) is 0 Å². The molecule has 1 aliphatic heterocycles. The molecule has 5 nitrogen and oxygen atoms in total. The Morgan fingerprint density at radius 2 is 2.09 bits per heavy atom. The largest absolute Gasteiger partial charge is 0.390 e. The van der Waals surface area contributed by atoms with Gasteiger partial charge in [0.1, 0.15) is 0 Å². The standard InChI is InChI=1S/C17H25N3O2/c1-5-20(17(21)18-12(2)3)11-15-10-16(19-22-15)14-8-6-13(4)7-9-14/h6-9,12,15H,5,10-11H2,1-4H3,(H,18,21)/t15-/m0/s1. The molecule has 0 aliphatic carbocycles. The summed E-state index contributed by atoms with van der Waals surface area (Å²) in [4.78, 5) is 19.3. The SMILES string of the molecule is CCN(C[C@@H]1CC(c2ccc(C)cc2)=NO1)C(=O)NC(C)C. The van der Waals surface area contributed by atoms with Gasteiger partial charge in [0, 0.05) is 19.0 Å². The van der Waals surface area contributed by atoms with Gasteiger partial charge >= 0.3 is 6.03 Å². The minimum absolute atomic E-state index is 0.0510. The molecule has 22 heavy (non-hydrogen) atoms. The maximum Gasteiger partial charge on any atom is 0.317 e. The van der Waals surface area contributed by atoms with E-state index in [4.69, 9.17) is 4.84 Å². The average molecular weight is 303 g/mol. The summed E-state index contributed by atoms with van der Waals surface area (Å²) in [6.45, 7) is 9.14. The lowest BCUT2D eigenvalue weighted by Crippen LogP contribution is -2.45. The Hall–Kier alpha value is -2.04. The quantitative estimate of drug-likeness (QED) is 0.909. The minimum Gasteiger partial charge on any atom is -0.390 e. The highest BCUT2D eigenvalue weighted by Crippen LogP contribution is 2.18. The molecule has 0 radical (unpaired) electrons. The fourth-order valence-corrected chi connectivity index (χ4v) is 2.38. The van der Waals surface area contributed by atoms with E-state index in [2.05, 4.69) is 41.7 Å². The van der Waals surface area contributed by atoms with E-state index in [-0.39, 0.29) is 18.2 Å². The number of nitrogens with zero attached hydrogens (tertiary/aromatic N) is 2. The third-order valence-electron chi connectivity index (χ3n) is 3.62. The van der Waals surface area contributed by atoms with Gasteiger partial charge < -0.3 is 15.1 Å². The normalized spacial score (nSPS) is 17.1. The number of likely N-dealkylation sites (N-methyl/N-ethyl adjacent to an activating group) is 1. The maximum atomic E-state index is 12.1. The molecule has 1 N–H and O–H groups in total. The van der Waals surface area contributed by atoms with Gasteiger partial charge in [0.15, 0.2) is 6.10 Å². The molecule has 1 aromatic rings. The molecule has 0 fully saturated rings. The molecule has 1 atom stereocenters. The summed E-state index contributed by atoms with van der Waals surface area (Å²) >= 11 is 0. The third kappa shape index (κ3) is 4.23. The summed E-state index contributed by atoms with van der Waals surface area (Å²) in [5.41, 5.74) is 3.26. The molecule has 1 heterocycles. The van der Waals surface area contributed by atoms with Crippen LogP contribution in [-0.2, 0) is 4.84 Å². The van der Waals surface area contributed by atoms with Crippen LogP contribution in [0.25, 0.3) is 0 Å². The zero-order valence-corrected chi connectivity index (χ0v) is 13.8. The van der Waals surface area contributed by atoms with Crippen LogP contribution in [0.3, 0.4) is 0 Å². The van der Waals surface area contributed by atoms with Crippen molar-refractivity contribution in [2.45, 2.75) is 46.3 Å². The number of aryl methyl sites for hydroxylation is 1. The first kappa shape index (κ1) is 16.3. The van der Waals surface area contributed by atoms with Crippen molar-refractivity contribution in [3.05, 3.63) is 35.4 Å². The Morgan fingerprint density at radius 1 is 1.41 bits per heavy atom. The number of hydrogen-bond acceptors (Lipinski definition) is 3. The number of nitrogens with one attached hydrogen (secondary N) is 1. The second-order valence-electron chi connectivity index (χ2n) is 5.98. The van der Waals surface area contributed by atoms with Gasteiger partial charge in [0.2, 0.25) is 0 Å². The highest BCUT2D eigenvalue weighted by molar-refractivity contribution is 6.01. The van der Waals surface area contributed by atoms with Crippen molar-refractivity contribution in [3.63, 3.8) is 0 Å². The molecule has 0 bridgehead atoms. The second-order valence-corrected chi connectivity index (χ2v) is 5.98. The van der Waals surface area contributed by atoms with E-state index in [0.717, 1.165) is 17.7 Å². The lowest BCUT2D eigenvalue weighted by Gasteiger charge is -2.24. The van der Waals surface area contributed by atoms with Crippen LogP contribution in [0, 0.1) is 6.92 Å². The molecule has 0 aromatic heterocycles. The summed E-state index contributed by atoms with van der Waals surface area (Å²) < 4.78 is 0. The van der Waals surface area contributed by atoms with Crippen LogP contribution in [0.4, 0.5) is 4.79 Å². The number of urea groups is 1. The van der Waals surface area contributed by atoms with Crippen molar-refractivity contribution in [3.8, 4) is 0 Å². The van der Waals surface area contributed by atoms with Crippen LogP contribution in [0.5, 0.6) is 0 Å². The number of oxime groups is 1. The number of carbonyl (C=O) groups excluding carboxylic acids is 1. The summed E-state index contributed by atoms with van der Waals surface area (Å²) in [6.07, 6.45) is 0.656. The highest BCUT2D eigenvalue weighted by Gasteiger charge is 2.26. The zero-order chi connectivity index (χ0) is 16.1. The van der Waals surface area contributed by atoms with Crippen LogP contribution in [0.15, 0.2) is 29.4 Å². The van der Waals surface area contributed by atoms with Gasteiger partial charge in [-0.15, -0.1) is 0 Å². The minimum atomic E-state index is -0.0748. The van der Waals surface area contributed by atoms with E-state index in [9.17, 15) is 4.79 Å². The molecule has 0 saturated heterocycles. The number of rotatable bonds is 5. The van der Waals surface area contributed by atoms with Crippen LogP contribution in [-0.4, -0.2) is 41.9 Å². The highest BCUT2D eigenvalue weighted by atomic mass is 16.6. The molecule has 120 valence electrons. The molecule has 0 unspecified atom stereocenters. The fraction of sp³-hybridized carbons (Fsp3) is 0.529. The summed E-state index contributed by atoms with van der Waals surface area (Å²) in [7, 11) is 0. The monoisotopic (exact) mass is 303 g/mol. The van der Waals surface area contributed by atoms with Crippen molar-refractivity contribution < 1.29 is 9.63 Å². The topological polar surface area (TPSA) is 53.9 Å². The van der Waals surface area contributed by atoms with Crippen LogP contribution >= 0.6 is 0 Å². The Morgan fingerprint density at radius 3 is 2.68 bits per heavy atom. The van der Waals surface area contributed by atoms with Crippen molar-refractivity contribution >= 4 is 11.7 Å². The van der Waals surface area contributed by atoms with Crippen molar-refractivity contribution in [1.82, 2.24) is 10.2 Å². The molecule has 1 aliphatic rings. The fourth-order valence-electron chi connectivity index (χ4n) is 2.38. The molecule has 0 spiro atoms.